The quantitative estimate of drug-likeness (QED) is 0.228. The summed E-state index contributed by atoms with van der Waals surface area (Å²) in [5, 5.41) is 6.53. The number of nitrogens with one attached hydrogen (secondary N) is 2. The van der Waals surface area contributed by atoms with Gasteiger partial charge in [-0.2, -0.15) is 0 Å². The molecular formula is C16H34IN3O2S. The highest BCUT2D eigenvalue weighted by atomic mass is 127. The first-order valence-electron chi connectivity index (χ1n) is 8.71. The van der Waals surface area contributed by atoms with Crippen LogP contribution in [0.1, 0.15) is 58.3 Å². The van der Waals surface area contributed by atoms with Gasteiger partial charge in [0.25, 0.3) is 0 Å². The van der Waals surface area contributed by atoms with Crippen LogP contribution in [0.15, 0.2) is 4.99 Å². The summed E-state index contributed by atoms with van der Waals surface area (Å²) in [6.07, 6.45) is 11.4. The molecule has 0 heterocycles. The van der Waals surface area contributed by atoms with E-state index in [0.717, 1.165) is 25.0 Å². The van der Waals surface area contributed by atoms with Crippen LogP contribution in [0.3, 0.4) is 0 Å². The fourth-order valence-electron chi connectivity index (χ4n) is 2.92. The molecule has 1 saturated carbocycles. The fourth-order valence-corrected chi connectivity index (χ4v) is 3.58. The van der Waals surface area contributed by atoms with Crippen molar-refractivity contribution in [1.82, 2.24) is 10.6 Å². The molecule has 0 unspecified atom stereocenters. The van der Waals surface area contributed by atoms with E-state index in [1.807, 2.05) is 6.92 Å². The molecule has 1 aliphatic rings. The van der Waals surface area contributed by atoms with E-state index in [0.29, 0.717) is 13.0 Å². The van der Waals surface area contributed by atoms with Crippen LogP contribution >= 0.6 is 24.0 Å². The molecule has 0 spiro atoms. The number of unbranched alkanes of at least 4 members (excludes halogenated alkanes) is 1. The number of halogens is 1. The monoisotopic (exact) mass is 459 g/mol. The SMILES string of the molecule is CCNC(=NCCCS(C)(=O)=O)NCCCCC1CCCC1.I. The number of sulfone groups is 1. The van der Waals surface area contributed by atoms with Crippen LogP contribution in [0.2, 0.25) is 0 Å². The minimum Gasteiger partial charge on any atom is -0.357 e. The summed E-state index contributed by atoms with van der Waals surface area (Å²) in [6.45, 7) is 4.34. The van der Waals surface area contributed by atoms with E-state index in [2.05, 4.69) is 15.6 Å². The molecule has 0 aromatic heterocycles. The van der Waals surface area contributed by atoms with E-state index < -0.39 is 9.84 Å². The topological polar surface area (TPSA) is 70.6 Å². The van der Waals surface area contributed by atoms with Crippen LogP contribution < -0.4 is 10.6 Å². The van der Waals surface area contributed by atoms with Crippen molar-refractivity contribution in [3.8, 4) is 0 Å². The van der Waals surface area contributed by atoms with Gasteiger partial charge in [-0.15, -0.1) is 24.0 Å². The van der Waals surface area contributed by atoms with Gasteiger partial charge in [-0.3, -0.25) is 4.99 Å². The van der Waals surface area contributed by atoms with Crippen LogP contribution in [0.25, 0.3) is 0 Å². The Balaban J connectivity index is 0.00000484. The van der Waals surface area contributed by atoms with E-state index >= 15 is 0 Å². The smallest absolute Gasteiger partial charge is 0.191 e. The number of hydrogen-bond donors (Lipinski definition) is 2. The minimum absolute atomic E-state index is 0. The van der Waals surface area contributed by atoms with Gasteiger partial charge in [0.1, 0.15) is 9.84 Å². The van der Waals surface area contributed by atoms with Gasteiger partial charge in [-0.05, 0) is 25.7 Å². The van der Waals surface area contributed by atoms with E-state index in [-0.39, 0.29) is 29.7 Å². The summed E-state index contributed by atoms with van der Waals surface area (Å²) in [5.41, 5.74) is 0. The fraction of sp³-hybridized carbons (Fsp3) is 0.938. The maximum absolute atomic E-state index is 11.1. The lowest BCUT2D eigenvalue weighted by Crippen LogP contribution is -2.38. The summed E-state index contributed by atoms with van der Waals surface area (Å²) < 4.78 is 22.1. The summed E-state index contributed by atoms with van der Waals surface area (Å²) in [6, 6.07) is 0. The maximum Gasteiger partial charge on any atom is 0.191 e. The molecule has 7 heteroatoms. The van der Waals surface area contributed by atoms with Gasteiger partial charge in [-0.1, -0.05) is 38.5 Å². The number of nitrogens with zero attached hydrogens (tertiary/aromatic N) is 1. The molecule has 0 saturated heterocycles. The van der Waals surface area contributed by atoms with Gasteiger partial charge in [0, 0.05) is 25.9 Å². The zero-order valence-electron chi connectivity index (χ0n) is 14.6. The molecule has 138 valence electrons. The summed E-state index contributed by atoms with van der Waals surface area (Å²) >= 11 is 0. The van der Waals surface area contributed by atoms with Crippen molar-refractivity contribution in [3.05, 3.63) is 0 Å². The second-order valence-corrected chi connectivity index (χ2v) is 8.58. The van der Waals surface area contributed by atoms with Crippen molar-refractivity contribution in [2.75, 3.05) is 31.6 Å². The molecule has 0 aromatic carbocycles. The van der Waals surface area contributed by atoms with E-state index in [1.165, 1.54) is 51.2 Å². The molecule has 0 bridgehead atoms. The van der Waals surface area contributed by atoms with Crippen molar-refractivity contribution in [2.24, 2.45) is 10.9 Å². The number of aliphatic imine (C=N–C) groups is 1. The molecule has 2 N–H and O–H groups in total. The Morgan fingerprint density at radius 1 is 1.13 bits per heavy atom. The van der Waals surface area contributed by atoms with Crippen molar-refractivity contribution < 1.29 is 8.42 Å². The molecule has 23 heavy (non-hydrogen) atoms. The van der Waals surface area contributed by atoms with Gasteiger partial charge in [0.15, 0.2) is 5.96 Å². The Morgan fingerprint density at radius 2 is 1.83 bits per heavy atom. The first-order chi connectivity index (χ1) is 10.5. The van der Waals surface area contributed by atoms with Gasteiger partial charge in [0.2, 0.25) is 0 Å². The molecule has 1 rings (SSSR count). The van der Waals surface area contributed by atoms with Gasteiger partial charge in [-0.25, -0.2) is 8.42 Å². The van der Waals surface area contributed by atoms with Gasteiger partial charge in [0.05, 0.1) is 5.75 Å². The molecule has 5 nitrogen and oxygen atoms in total. The minimum atomic E-state index is -2.88. The lowest BCUT2D eigenvalue weighted by atomic mass is 10.0. The van der Waals surface area contributed by atoms with Crippen LogP contribution in [0, 0.1) is 5.92 Å². The zero-order valence-corrected chi connectivity index (χ0v) is 17.8. The number of hydrogen-bond acceptors (Lipinski definition) is 3. The summed E-state index contributed by atoms with van der Waals surface area (Å²) in [7, 11) is -2.88. The van der Waals surface area contributed by atoms with E-state index in [4.69, 9.17) is 0 Å². The predicted octanol–water partition coefficient (Wildman–Crippen LogP) is 2.95. The van der Waals surface area contributed by atoms with Crippen molar-refractivity contribution in [2.45, 2.75) is 58.3 Å². The Morgan fingerprint density at radius 3 is 2.43 bits per heavy atom. The molecule has 0 aliphatic heterocycles. The molecule has 0 aromatic rings. The molecule has 0 atom stereocenters. The zero-order chi connectivity index (χ0) is 16.3. The Labute approximate surface area is 159 Å². The molecule has 0 amide bonds. The Kier molecular flexibility index (Phi) is 13.2. The Hall–Kier alpha value is -0.0500. The standard InChI is InChI=1S/C16H33N3O2S.HI/c1-3-17-16(19-13-8-14-22(2,20)21)18-12-7-6-11-15-9-4-5-10-15;/h15H,3-14H2,1-2H3,(H2,17,18,19);1H. The third-order valence-electron chi connectivity index (χ3n) is 4.09. The predicted molar refractivity (Wildman–Crippen MR) is 110 cm³/mol. The van der Waals surface area contributed by atoms with Crippen LogP contribution in [-0.2, 0) is 9.84 Å². The average molecular weight is 459 g/mol. The summed E-state index contributed by atoms with van der Waals surface area (Å²) in [4.78, 5) is 4.42. The number of rotatable bonds is 10. The highest BCUT2D eigenvalue weighted by Crippen LogP contribution is 2.28. The third kappa shape index (κ3) is 13.0. The molecule has 0 radical (unpaired) electrons. The molecule has 1 aliphatic carbocycles. The average Bonchev–Trinajstić information content (AvgIpc) is 2.95. The summed E-state index contributed by atoms with van der Waals surface area (Å²) in [5.74, 6) is 1.98. The second-order valence-electron chi connectivity index (χ2n) is 6.32. The highest BCUT2D eigenvalue weighted by Gasteiger charge is 2.13. The normalized spacial score (nSPS) is 16.2. The highest BCUT2D eigenvalue weighted by molar-refractivity contribution is 14.0. The number of guanidine groups is 1. The van der Waals surface area contributed by atoms with Crippen LogP contribution in [0.5, 0.6) is 0 Å². The first kappa shape index (κ1) is 22.9. The third-order valence-corrected chi connectivity index (χ3v) is 5.12. The second kappa shape index (κ2) is 13.3. The largest absolute Gasteiger partial charge is 0.357 e. The van der Waals surface area contributed by atoms with Crippen molar-refractivity contribution in [1.29, 1.82) is 0 Å². The maximum atomic E-state index is 11.1. The first-order valence-corrected chi connectivity index (χ1v) is 10.8. The van der Waals surface area contributed by atoms with Crippen molar-refractivity contribution in [3.63, 3.8) is 0 Å². The van der Waals surface area contributed by atoms with Crippen molar-refractivity contribution >= 4 is 39.8 Å². The van der Waals surface area contributed by atoms with Gasteiger partial charge < -0.3 is 10.6 Å². The van der Waals surface area contributed by atoms with Crippen LogP contribution in [-0.4, -0.2) is 46.0 Å². The lowest BCUT2D eigenvalue weighted by Gasteiger charge is -2.12. The van der Waals surface area contributed by atoms with Crippen LogP contribution in [0.4, 0.5) is 0 Å². The van der Waals surface area contributed by atoms with E-state index in [9.17, 15) is 8.42 Å². The Bertz CT molecular complexity index is 421. The van der Waals surface area contributed by atoms with E-state index in [1.54, 1.807) is 0 Å². The lowest BCUT2D eigenvalue weighted by molar-refractivity contribution is 0.472. The molecule has 1 fully saturated rings. The molecular weight excluding hydrogens is 425 g/mol. The van der Waals surface area contributed by atoms with Gasteiger partial charge >= 0.3 is 0 Å².